The molecule has 0 saturated carbocycles. The monoisotopic (exact) mass is 425 g/mol. The summed E-state index contributed by atoms with van der Waals surface area (Å²) in [5, 5.41) is 2.46. The highest BCUT2D eigenvalue weighted by Gasteiger charge is 2.29. The van der Waals surface area contributed by atoms with Crippen molar-refractivity contribution >= 4 is 17.2 Å². The van der Waals surface area contributed by atoms with Crippen LogP contribution in [0.15, 0.2) is 35.1 Å². The lowest BCUT2D eigenvalue weighted by molar-refractivity contribution is 0.0957. The Kier molecular flexibility index (Phi) is 6.18. The molecule has 2 aromatic heterocycles. The van der Waals surface area contributed by atoms with Crippen molar-refractivity contribution < 1.29 is 9.18 Å². The molecule has 0 bridgehead atoms. The first-order chi connectivity index (χ1) is 15.0. The third-order valence-corrected chi connectivity index (χ3v) is 6.27. The average Bonchev–Trinajstić information content (AvgIpc) is 3.29. The Morgan fingerprint density at radius 1 is 1.23 bits per heavy atom. The number of aromatic amines is 1. The first kappa shape index (κ1) is 21.2. The fourth-order valence-corrected chi connectivity index (χ4v) is 4.41. The van der Waals surface area contributed by atoms with Crippen LogP contribution in [0.25, 0.3) is 5.57 Å². The molecule has 4 rings (SSSR count). The van der Waals surface area contributed by atoms with Crippen LogP contribution in [0.4, 0.5) is 10.1 Å². The number of amides is 1. The normalized spacial score (nSPS) is 19.4. The number of rotatable bonds is 5. The number of hydrogen-bond acceptors (Lipinski definition) is 5. The Balaban J connectivity index is 1.35. The Hall–Kier alpha value is -3.00. The van der Waals surface area contributed by atoms with Gasteiger partial charge in [-0.05, 0) is 43.0 Å². The number of halogens is 1. The second-order valence-electron chi connectivity index (χ2n) is 8.01. The third-order valence-electron chi connectivity index (χ3n) is 6.27. The molecule has 2 aromatic rings. The van der Waals surface area contributed by atoms with E-state index < -0.39 is 11.9 Å². The minimum Gasteiger partial charge on any atom is -0.365 e. The number of nitrogens with zero attached hydrogens (tertiary/aromatic N) is 3. The Bertz CT molecular complexity index is 1060. The van der Waals surface area contributed by atoms with E-state index in [1.165, 1.54) is 12.6 Å². The van der Waals surface area contributed by atoms with E-state index in [1.54, 1.807) is 12.1 Å². The lowest BCUT2D eigenvalue weighted by Crippen LogP contribution is -2.50. The maximum absolute atomic E-state index is 14.5. The standard InChI is InChI=1S/C23H28FN5O2/c1-3-15-5-7-18(27-22(15)30)16-4-6-17(14-16)28-10-12-29(13-11-28)20-9-8-19(23(31)25-2)26-21(20)24/h4-5,7-9,17H,3,6,10-14H2,1-2H3,(H,25,31)(H,27,30). The van der Waals surface area contributed by atoms with Crippen LogP contribution in [-0.2, 0) is 6.42 Å². The second kappa shape index (κ2) is 9.01. The molecule has 3 heterocycles. The molecule has 1 saturated heterocycles. The van der Waals surface area contributed by atoms with E-state index in [1.807, 2.05) is 24.0 Å². The number of aryl methyl sites for hydroxylation is 1. The van der Waals surface area contributed by atoms with Gasteiger partial charge in [-0.3, -0.25) is 14.5 Å². The summed E-state index contributed by atoms with van der Waals surface area (Å²) in [6, 6.07) is 7.50. The predicted octanol–water partition coefficient (Wildman–Crippen LogP) is 2.20. The largest absolute Gasteiger partial charge is 0.365 e. The molecule has 1 aliphatic carbocycles. The summed E-state index contributed by atoms with van der Waals surface area (Å²) in [6.07, 6.45) is 4.79. The number of H-pyrrole nitrogens is 1. The summed E-state index contributed by atoms with van der Waals surface area (Å²) in [5.41, 5.74) is 3.42. The fourth-order valence-electron chi connectivity index (χ4n) is 4.41. The lowest BCUT2D eigenvalue weighted by atomic mass is 10.1. The molecule has 1 aliphatic heterocycles. The molecular formula is C23H28FN5O2. The van der Waals surface area contributed by atoms with Gasteiger partial charge in [-0.15, -0.1) is 0 Å². The van der Waals surface area contributed by atoms with Gasteiger partial charge in [0, 0.05) is 50.5 Å². The Labute approximate surface area is 181 Å². The quantitative estimate of drug-likeness (QED) is 0.718. The lowest BCUT2D eigenvalue weighted by Gasteiger charge is -2.39. The van der Waals surface area contributed by atoms with Gasteiger partial charge in [-0.25, -0.2) is 4.98 Å². The zero-order valence-corrected chi connectivity index (χ0v) is 17.9. The van der Waals surface area contributed by atoms with Gasteiger partial charge >= 0.3 is 0 Å². The predicted molar refractivity (Wildman–Crippen MR) is 119 cm³/mol. The number of nitrogens with one attached hydrogen (secondary N) is 2. The molecule has 0 radical (unpaired) electrons. The topological polar surface area (TPSA) is 81.3 Å². The van der Waals surface area contributed by atoms with Crippen LogP contribution in [0.2, 0.25) is 0 Å². The van der Waals surface area contributed by atoms with E-state index in [-0.39, 0.29) is 11.3 Å². The van der Waals surface area contributed by atoms with Crippen molar-refractivity contribution in [3.63, 3.8) is 0 Å². The zero-order valence-electron chi connectivity index (χ0n) is 17.9. The van der Waals surface area contributed by atoms with Gasteiger partial charge in [0.25, 0.3) is 11.5 Å². The maximum Gasteiger partial charge on any atom is 0.269 e. The number of piperazine rings is 1. The van der Waals surface area contributed by atoms with Crippen molar-refractivity contribution in [3.8, 4) is 0 Å². The Morgan fingerprint density at radius 3 is 2.65 bits per heavy atom. The van der Waals surface area contributed by atoms with Crippen LogP contribution < -0.4 is 15.8 Å². The van der Waals surface area contributed by atoms with E-state index in [4.69, 9.17) is 0 Å². The maximum atomic E-state index is 14.5. The van der Waals surface area contributed by atoms with E-state index in [9.17, 15) is 14.0 Å². The summed E-state index contributed by atoms with van der Waals surface area (Å²) in [6.45, 7) is 5.03. The minimum atomic E-state index is -0.612. The van der Waals surface area contributed by atoms with Crippen molar-refractivity contribution in [2.24, 2.45) is 0 Å². The number of hydrogen-bond donors (Lipinski definition) is 2. The van der Waals surface area contributed by atoms with Crippen LogP contribution in [-0.4, -0.2) is 60.0 Å². The number of anilines is 1. The van der Waals surface area contributed by atoms with Gasteiger partial charge in [-0.1, -0.05) is 19.1 Å². The summed E-state index contributed by atoms with van der Waals surface area (Å²) < 4.78 is 14.5. The van der Waals surface area contributed by atoms with Gasteiger partial charge in [0.2, 0.25) is 5.95 Å². The Morgan fingerprint density at radius 2 is 2.00 bits per heavy atom. The van der Waals surface area contributed by atoms with Gasteiger partial charge in [-0.2, -0.15) is 4.39 Å². The number of aromatic nitrogens is 2. The molecule has 8 heteroatoms. The molecule has 1 unspecified atom stereocenters. The average molecular weight is 426 g/mol. The smallest absolute Gasteiger partial charge is 0.269 e. The van der Waals surface area contributed by atoms with Gasteiger partial charge in [0.1, 0.15) is 5.69 Å². The summed E-state index contributed by atoms with van der Waals surface area (Å²) >= 11 is 0. The third kappa shape index (κ3) is 4.39. The van der Waals surface area contributed by atoms with E-state index >= 15 is 0 Å². The van der Waals surface area contributed by atoms with Crippen LogP contribution in [0.3, 0.4) is 0 Å². The first-order valence-corrected chi connectivity index (χ1v) is 10.8. The van der Waals surface area contributed by atoms with E-state index in [0.717, 1.165) is 43.6 Å². The van der Waals surface area contributed by atoms with Crippen LogP contribution in [0.5, 0.6) is 0 Å². The van der Waals surface area contributed by atoms with Crippen molar-refractivity contribution in [1.29, 1.82) is 0 Å². The highest BCUT2D eigenvalue weighted by molar-refractivity contribution is 5.92. The van der Waals surface area contributed by atoms with Crippen LogP contribution >= 0.6 is 0 Å². The summed E-state index contributed by atoms with van der Waals surface area (Å²) in [5.74, 6) is -1.01. The molecule has 0 aromatic carbocycles. The van der Waals surface area contributed by atoms with Gasteiger partial charge in [0.05, 0.1) is 5.69 Å². The number of pyridine rings is 2. The molecular weight excluding hydrogens is 397 g/mol. The van der Waals surface area contributed by atoms with E-state index in [2.05, 4.69) is 26.3 Å². The summed E-state index contributed by atoms with van der Waals surface area (Å²) in [4.78, 5) is 35.0. The van der Waals surface area contributed by atoms with Crippen molar-refractivity contribution in [2.45, 2.75) is 32.2 Å². The first-order valence-electron chi connectivity index (χ1n) is 10.8. The molecule has 2 N–H and O–H groups in total. The number of carbonyl (C=O) groups excluding carboxylic acids is 1. The molecule has 2 aliphatic rings. The van der Waals surface area contributed by atoms with Crippen molar-refractivity contribution in [1.82, 2.24) is 20.2 Å². The number of carbonyl (C=O) groups is 1. The second-order valence-corrected chi connectivity index (χ2v) is 8.01. The summed E-state index contributed by atoms with van der Waals surface area (Å²) in [7, 11) is 1.50. The molecule has 0 spiro atoms. The van der Waals surface area contributed by atoms with Crippen molar-refractivity contribution in [3.05, 3.63) is 63.6 Å². The molecule has 1 atom stereocenters. The molecule has 7 nitrogen and oxygen atoms in total. The minimum absolute atomic E-state index is 0.00367. The van der Waals surface area contributed by atoms with Crippen LogP contribution in [0.1, 0.15) is 41.5 Å². The SMILES string of the molecule is CCc1ccc(C2=CCC(N3CCN(c4ccc(C(=O)NC)nc4F)CC3)C2)[nH]c1=O. The fraction of sp³-hybridized carbons (Fsp3) is 0.435. The molecule has 1 fully saturated rings. The van der Waals surface area contributed by atoms with Crippen molar-refractivity contribution in [2.75, 3.05) is 38.1 Å². The van der Waals surface area contributed by atoms with E-state index in [0.29, 0.717) is 24.8 Å². The molecule has 164 valence electrons. The molecule has 1 amide bonds. The highest BCUT2D eigenvalue weighted by atomic mass is 19.1. The zero-order chi connectivity index (χ0) is 22.0. The highest BCUT2D eigenvalue weighted by Crippen LogP contribution is 2.31. The molecule has 31 heavy (non-hydrogen) atoms. The van der Waals surface area contributed by atoms with Gasteiger partial charge in [0.15, 0.2) is 0 Å². The van der Waals surface area contributed by atoms with Gasteiger partial charge < -0.3 is 15.2 Å². The van der Waals surface area contributed by atoms with Crippen LogP contribution in [0, 0.1) is 5.95 Å².